The summed E-state index contributed by atoms with van der Waals surface area (Å²) in [5, 5.41) is 3.22. The Morgan fingerprint density at radius 3 is 2.53 bits per heavy atom. The second-order valence-corrected chi connectivity index (χ2v) is 3.74. The molecule has 0 saturated carbocycles. The number of rotatable bonds is 2. The maximum Gasteiger partial charge on any atom is 0.157 e. The molecule has 1 aliphatic carbocycles. The van der Waals surface area contributed by atoms with Crippen LogP contribution in [0.4, 0.5) is 11.4 Å². The smallest absolute Gasteiger partial charge is 0.157 e. The highest BCUT2D eigenvalue weighted by molar-refractivity contribution is 5.91. The summed E-state index contributed by atoms with van der Waals surface area (Å²) in [5.74, 6) is 0.208. The van der Waals surface area contributed by atoms with E-state index in [0.29, 0.717) is 6.42 Å². The molecule has 3 nitrogen and oxygen atoms in total. The molecule has 0 unspecified atom stereocenters. The van der Waals surface area contributed by atoms with Crippen molar-refractivity contribution in [2.75, 3.05) is 11.1 Å². The fourth-order valence-electron chi connectivity index (χ4n) is 1.64. The third kappa shape index (κ3) is 2.59. The second-order valence-electron chi connectivity index (χ2n) is 3.74. The Kier molecular flexibility index (Phi) is 2.72. The summed E-state index contributed by atoms with van der Waals surface area (Å²) in [6.07, 6.45) is 4.25. The first-order valence-corrected chi connectivity index (χ1v) is 5.10. The molecule has 0 aromatic heterocycles. The van der Waals surface area contributed by atoms with Crippen LogP contribution in [0.2, 0.25) is 0 Å². The number of nitrogens with one attached hydrogen (secondary N) is 1. The number of ketones is 1. The molecule has 3 N–H and O–H groups in total. The Labute approximate surface area is 89.0 Å². The Hall–Kier alpha value is -1.77. The molecular formula is C12H14N2O. The van der Waals surface area contributed by atoms with E-state index in [4.69, 9.17) is 5.73 Å². The lowest BCUT2D eigenvalue weighted by molar-refractivity contribution is -0.115. The Balaban J connectivity index is 2.08. The van der Waals surface area contributed by atoms with Gasteiger partial charge in [-0.05, 0) is 37.1 Å². The van der Waals surface area contributed by atoms with E-state index in [9.17, 15) is 4.79 Å². The number of carbonyl (C=O) groups is 1. The zero-order valence-corrected chi connectivity index (χ0v) is 8.49. The number of carbonyl (C=O) groups excluding carboxylic acids is 1. The molecule has 1 aromatic carbocycles. The van der Waals surface area contributed by atoms with Crippen LogP contribution in [0, 0.1) is 0 Å². The first-order valence-electron chi connectivity index (χ1n) is 5.10. The van der Waals surface area contributed by atoms with Crippen LogP contribution in [0.5, 0.6) is 0 Å². The molecule has 0 spiro atoms. The average Bonchev–Trinajstić information content (AvgIpc) is 2.22. The van der Waals surface area contributed by atoms with Gasteiger partial charge in [-0.25, -0.2) is 0 Å². The van der Waals surface area contributed by atoms with E-state index in [-0.39, 0.29) is 5.78 Å². The lowest BCUT2D eigenvalue weighted by Crippen LogP contribution is -2.09. The minimum Gasteiger partial charge on any atom is -0.399 e. The van der Waals surface area contributed by atoms with Crippen LogP contribution in [0.15, 0.2) is 36.0 Å². The van der Waals surface area contributed by atoms with Gasteiger partial charge in [0.2, 0.25) is 0 Å². The van der Waals surface area contributed by atoms with E-state index in [1.165, 1.54) is 0 Å². The van der Waals surface area contributed by atoms with E-state index in [0.717, 1.165) is 29.9 Å². The molecule has 78 valence electrons. The highest BCUT2D eigenvalue weighted by atomic mass is 16.1. The molecule has 0 amide bonds. The molecule has 0 aliphatic heterocycles. The maximum atomic E-state index is 11.2. The summed E-state index contributed by atoms with van der Waals surface area (Å²) < 4.78 is 0. The third-order valence-corrected chi connectivity index (χ3v) is 2.42. The highest BCUT2D eigenvalue weighted by Crippen LogP contribution is 2.19. The molecule has 2 rings (SSSR count). The summed E-state index contributed by atoms with van der Waals surface area (Å²) in [6, 6.07) is 7.51. The van der Waals surface area contributed by atoms with E-state index in [1.807, 2.05) is 24.3 Å². The zero-order valence-electron chi connectivity index (χ0n) is 8.49. The number of nitrogen functional groups attached to an aromatic ring is 1. The van der Waals surface area contributed by atoms with Crippen LogP contribution in [0.1, 0.15) is 19.3 Å². The molecular weight excluding hydrogens is 188 g/mol. The highest BCUT2D eigenvalue weighted by Gasteiger charge is 2.09. The summed E-state index contributed by atoms with van der Waals surface area (Å²) in [4.78, 5) is 11.2. The first-order chi connectivity index (χ1) is 7.24. The van der Waals surface area contributed by atoms with E-state index >= 15 is 0 Å². The van der Waals surface area contributed by atoms with Crippen molar-refractivity contribution in [3.8, 4) is 0 Å². The molecule has 0 heterocycles. The lowest BCUT2D eigenvalue weighted by Gasteiger charge is -2.14. The van der Waals surface area contributed by atoms with Crippen molar-refractivity contribution in [1.29, 1.82) is 0 Å². The number of anilines is 2. The molecule has 0 saturated heterocycles. The second kappa shape index (κ2) is 4.17. The topological polar surface area (TPSA) is 55.1 Å². The van der Waals surface area contributed by atoms with Crippen LogP contribution in [-0.4, -0.2) is 5.78 Å². The van der Waals surface area contributed by atoms with E-state index < -0.39 is 0 Å². The van der Waals surface area contributed by atoms with Gasteiger partial charge in [-0.15, -0.1) is 0 Å². The molecule has 0 radical (unpaired) electrons. The first kappa shape index (κ1) is 9.77. The number of hydrogen-bond donors (Lipinski definition) is 2. The lowest BCUT2D eigenvalue weighted by atomic mass is 10.0. The van der Waals surface area contributed by atoms with Gasteiger partial charge in [-0.1, -0.05) is 0 Å². The fourth-order valence-corrected chi connectivity index (χ4v) is 1.64. The summed E-state index contributed by atoms with van der Waals surface area (Å²) in [7, 11) is 0. The summed E-state index contributed by atoms with van der Waals surface area (Å²) in [5.41, 5.74) is 8.30. The SMILES string of the molecule is Nc1ccc(NC2=CC(=O)CCC2)cc1. The summed E-state index contributed by atoms with van der Waals surface area (Å²) >= 11 is 0. The van der Waals surface area contributed by atoms with Gasteiger partial charge in [0.05, 0.1) is 0 Å². The van der Waals surface area contributed by atoms with Gasteiger partial charge in [0.15, 0.2) is 5.78 Å². The van der Waals surface area contributed by atoms with Gasteiger partial charge < -0.3 is 11.1 Å². The fraction of sp³-hybridized carbons (Fsp3) is 0.250. The Bertz CT molecular complexity index is 393. The summed E-state index contributed by atoms with van der Waals surface area (Å²) in [6.45, 7) is 0. The quantitative estimate of drug-likeness (QED) is 0.723. The average molecular weight is 202 g/mol. The van der Waals surface area contributed by atoms with Crippen LogP contribution in [0.3, 0.4) is 0 Å². The number of allylic oxidation sites excluding steroid dienone is 2. The van der Waals surface area contributed by atoms with Crippen molar-refractivity contribution < 1.29 is 4.79 Å². The van der Waals surface area contributed by atoms with Gasteiger partial charge in [0.25, 0.3) is 0 Å². The number of benzene rings is 1. The standard InChI is InChI=1S/C12H14N2O/c13-9-4-6-10(7-5-9)14-11-2-1-3-12(15)8-11/h4-8,14H,1-3,13H2. The van der Waals surface area contributed by atoms with Gasteiger partial charge in [0, 0.05) is 29.6 Å². The van der Waals surface area contributed by atoms with Crippen molar-refractivity contribution in [2.24, 2.45) is 0 Å². The number of nitrogens with two attached hydrogens (primary N) is 1. The molecule has 0 fully saturated rings. The minimum atomic E-state index is 0.208. The predicted molar refractivity (Wildman–Crippen MR) is 61.4 cm³/mol. The molecule has 3 heteroatoms. The molecule has 15 heavy (non-hydrogen) atoms. The van der Waals surface area contributed by atoms with Crippen LogP contribution < -0.4 is 11.1 Å². The van der Waals surface area contributed by atoms with Crippen LogP contribution in [0.25, 0.3) is 0 Å². The van der Waals surface area contributed by atoms with E-state index in [2.05, 4.69) is 5.32 Å². The van der Waals surface area contributed by atoms with Crippen molar-refractivity contribution in [3.05, 3.63) is 36.0 Å². The minimum absolute atomic E-state index is 0.208. The van der Waals surface area contributed by atoms with Crippen LogP contribution in [-0.2, 0) is 4.79 Å². The van der Waals surface area contributed by atoms with Crippen molar-refractivity contribution in [2.45, 2.75) is 19.3 Å². The zero-order chi connectivity index (χ0) is 10.7. The molecule has 1 aromatic rings. The van der Waals surface area contributed by atoms with Crippen molar-refractivity contribution in [1.82, 2.24) is 0 Å². The maximum absolute atomic E-state index is 11.2. The van der Waals surface area contributed by atoms with Gasteiger partial charge in [0.1, 0.15) is 0 Å². The van der Waals surface area contributed by atoms with Gasteiger partial charge in [-0.3, -0.25) is 4.79 Å². The Morgan fingerprint density at radius 2 is 1.87 bits per heavy atom. The predicted octanol–water partition coefficient (Wildman–Crippen LogP) is 2.32. The molecule has 0 atom stereocenters. The number of hydrogen-bond acceptors (Lipinski definition) is 3. The van der Waals surface area contributed by atoms with Crippen molar-refractivity contribution in [3.63, 3.8) is 0 Å². The molecule has 0 bridgehead atoms. The Morgan fingerprint density at radius 1 is 1.13 bits per heavy atom. The largest absolute Gasteiger partial charge is 0.399 e. The monoisotopic (exact) mass is 202 g/mol. The third-order valence-electron chi connectivity index (χ3n) is 2.42. The van der Waals surface area contributed by atoms with Crippen molar-refractivity contribution >= 4 is 17.2 Å². The molecule has 1 aliphatic rings. The van der Waals surface area contributed by atoms with Gasteiger partial charge >= 0.3 is 0 Å². The van der Waals surface area contributed by atoms with E-state index in [1.54, 1.807) is 6.08 Å². The normalized spacial score (nSPS) is 16.0. The van der Waals surface area contributed by atoms with Crippen LogP contribution >= 0.6 is 0 Å². The van der Waals surface area contributed by atoms with Gasteiger partial charge in [-0.2, -0.15) is 0 Å².